The van der Waals surface area contributed by atoms with Crippen molar-refractivity contribution in [3.8, 4) is 0 Å². The number of nitrogens with one attached hydrogen (secondary N) is 1. The number of carbonyl (C=O) groups excluding carboxylic acids is 2. The Labute approximate surface area is 203 Å². The highest BCUT2D eigenvalue weighted by Gasteiger charge is 2.59. The molecule has 2 amide bonds. The Balaban J connectivity index is 1.43. The smallest absolute Gasteiger partial charge is 0.410 e. The van der Waals surface area contributed by atoms with Gasteiger partial charge in [0.15, 0.2) is 0 Å². The normalized spacial score (nSPS) is 38.1. The van der Waals surface area contributed by atoms with Crippen LogP contribution in [0.4, 0.5) is 4.79 Å². The van der Waals surface area contributed by atoms with Crippen molar-refractivity contribution < 1.29 is 28.9 Å². The minimum atomic E-state index is -0.735. The molecule has 2 N–H and O–H groups in total. The number of hydrogen-bond donors (Lipinski definition) is 2. The lowest BCUT2D eigenvalue weighted by molar-refractivity contribution is -0.147. The van der Waals surface area contributed by atoms with Gasteiger partial charge in [-0.05, 0) is 52.4 Å². The van der Waals surface area contributed by atoms with E-state index >= 15 is 0 Å². The number of carbonyl (C=O) groups is 2. The summed E-state index contributed by atoms with van der Waals surface area (Å²) >= 11 is 0. The lowest BCUT2D eigenvalue weighted by Crippen LogP contribution is -2.56. The van der Waals surface area contributed by atoms with Crippen LogP contribution in [-0.4, -0.2) is 102 Å². The first-order chi connectivity index (χ1) is 16.0. The Morgan fingerprint density at radius 1 is 1.15 bits per heavy atom. The molecule has 4 fully saturated rings. The van der Waals surface area contributed by atoms with Gasteiger partial charge in [-0.3, -0.25) is 9.69 Å². The van der Waals surface area contributed by atoms with Crippen molar-refractivity contribution in [2.45, 2.75) is 102 Å². The molecule has 3 aliphatic heterocycles. The second-order valence-electron chi connectivity index (χ2n) is 11.9. The first-order valence-corrected chi connectivity index (χ1v) is 12.8. The van der Waals surface area contributed by atoms with Crippen molar-refractivity contribution >= 4 is 12.0 Å². The average molecular weight is 482 g/mol. The number of likely N-dealkylation sites (tertiary alicyclic amines) is 2. The second kappa shape index (κ2) is 9.56. The van der Waals surface area contributed by atoms with E-state index in [1.165, 1.54) is 0 Å². The van der Waals surface area contributed by atoms with Crippen LogP contribution in [0.25, 0.3) is 0 Å². The Kier molecular flexibility index (Phi) is 7.22. The molecule has 2 bridgehead atoms. The molecule has 34 heavy (non-hydrogen) atoms. The third kappa shape index (κ3) is 4.68. The van der Waals surface area contributed by atoms with E-state index in [2.05, 4.69) is 19.2 Å². The van der Waals surface area contributed by atoms with Crippen molar-refractivity contribution in [2.75, 3.05) is 33.4 Å². The van der Waals surface area contributed by atoms with Gasteiger partial charge in [0.25, 0.3) is 0 Å². The van der Waals surface area contributed by atoms with E-state index in [9.17, 15) is 14.7 Å². The van der Waals surface area contributed by atoms with Crippen molar-refractivity contribution in [1.29, 1.82) is 0 Å². The van der Waals surface area contributed by atoms with Gasteiger partial charge in [0.2, 0.25) is 5.91 Å². The zero-order valence-corrected chi connectivity index (χ0v) is 21.6. The third-order valence-corrected chi connectivity index (χ3v) is 8.38. The third-order valence-electron chi connectivity index (χ3n) is 8.38. The molecule has 3 saturated heterocycles. The fraction of sp³-hybridized carbons (Fsp3) is 0.920. The molecule has 0 radical (unpaired) electrons. The maximum atomic E-state index is 14.0. The van der Waals surface area contributed by atoms with E-state index < -0.39 is 29.3 Å². The summed E-state index contributed by atoms with van der Waals surface area (Å²) in [7, 11) is 1.72. The molecule has 194 valence electrons. The van der Waals surface area contributed by atoms with Crippen LogP contribution in [0.5, 0.6) is 0 Å². The zero-order valence-electron chi connectivity index (χ0n) is 21.6. The summed E-state index contributed by atoms with van der Waals surface area (Å²) in [6.45, 7) is 11.8. The fourth-order valence-corrected chi connectivity index (χ4v) is 6.38. The van der Waals surface area contributed by atoms with Gasteiger partial charge >= 0.3 is 6.09 Å². The molecule has 1 saturated carbocycles. The number of piperazine rings is 1. The van der Waals surface area contributed by atoms with Gasteiger partial charge in [-0.15, -0.1) is 0 Å². The van der Waals surface area contributed by atoms with Crippen molar-refractivity contribution in [2.24, 2.45) is 11.3 Å². The van der Waals surface area contributed by atoms with Crippen LogP contribution in [0.1, 0.15) is 60.3 Å². The largest absolute Gasteiger partial charge is 0.444 e. The van der Waals surface area contributed by atoms with Gasteiger partial charge in [-0.25, -0.2) is 4.79 Å². The zero-order chi connectivity index (χ0) is 24.8. The monoisotopic (exact) mass is 481 g/mol. The van der Waals surface area contributed by atoms with Gasteiger partial charge in [0.1, 0.15) is 5.60 Å². The van der Waals surface area contributed by atoms with Crippen molar-refractivity contribution in [3.05, 3.63) is 0 Å². The highest BCUT2D eigenvalue weighted by atomic mass is 16.6. The molecule has 0 aromatic rings. The van der Waals surface area contributed by atoms with Crippen molar-refractivity contribution in [1.82, 2.24) is 15.1 Å². The van der Waals surface area contributed by atoms with E-state index in [0.717, 1.165) is 32.3 Å². The number of nitrogens with zero attached hydrogens (tertiary/aromatic N) is 2. The van der Waals surface area contributed by atoms with Crippen molar-refractivity contribution in [3.63, 3.8) is 0 Å². The van der Waals surface area contributed by atoms with E-state index in [1.807, 2.05) is 25.7 Å². The van der Waals surface area contributed by atoms with Crippen LogP contribution in [-0.2, 0) is 19.0 Å². The molecule has 0 spiro atoms. The standard InChI is InChI=1S/C25H43N3O6/c1-15(2)25(9-7-16(11-25)26-17-8-10-33-14-20(17)32-6)22(30)27-12-19-21(29)18(27)13-28(19)23(31)34-24(3,4)5/h15-21,26,29H,7-14H2,1-6H3/t16-,17+,18-,19-,20-,21?,25+/m1/s1. The van der Waals surface area contributed by atoms with Crippen LogP contribution in [0.2, 0.25) is 0 Å². The van der Waals surface area contributed by atoms with E-state index in [0.29, 0.717) is 19.7 Å². The fourth-order valence-electron chi connectivity index (χ4n) is 6.38. The summed E-state index contributed by atoms with van der Waals surface area (Å²) in [6.07, 6.45) is 2.31. The van der Waals surface area contributed by atoms with Gasteiger partial charge in [0.05, 0.1) is 36.3 Å². The number of methoxy groups -OCH3 is 1. The van der Waals surface area contributed by atoms with Gasteiger partial charge in [0, 0.05) is 38.9 Å². The number of rotatable bonds is 5. The Morgan fingerprint density at radius 2 is 1.82 bits per heavy atom. The number of amides is 2. The Hall–Kier alpha value is -1.42. The molecular weight excluding hydrogens is 438 g/mol. The summed E-state index contributed by atoms with van der Waals surface area (Å²) in [5.74, 6) is 0.301. The van der Waals surface area contributed by atoms with E-state index in [1.54, 1.807) is 12.0 Å². The van der Waals surface area contributed by atoms with Crippen LogP contribution >= 0.6 is 0 Å². The van der Waals surface area contributed by atoms with Crippen LogP contribution in [0.3, 0.4) is 0 Å². The van der Waals surface area contributed by atoms with Gasteiger partial charge < -0.3 is 29.5 Å². The molecule has 1 unspecified atom stereocenters. The minimum Gasteiger partial charge on any atom is -0.444 e. The first-order valence-electron chi connectivity index (χ1n) is 12.8. The van der Waals surface area contributed by atoms with Crippen LogP contribution in [0.15, 0.2) is 0 Å². The summed E-state index contributed by atoms with van der Waals surface area (Å²) in [4.78, 5) is 30.1. The summed E-state index contributed by atoms with van der Waals surface area (Å²) in [6, 6.07) is -0.307. The Morgan fingerprint density at radius 3 is 2.41 bits per heavy atom. The molecule has 9 nitrogen and oxygen atoms in total. The SMILES string of the molecule is CO[C@@H]1COCC[C@@H]1N[C@@H]1CC[C@@](C(=O)N2C[C@@H]3C(O)[C@H]2CN3C(=O)OC(C)(C)C)(C(C)C)C1. The summed E-state index contributed by atoms with van der Waals surface area (Å²) in [5.41, 5.74) is -1.06. The number of aliphatic hydroxyl groups excluding tert-OH is 1. The number of fused-ring (bicyclic) bond motifs is 2. The quantitative estimate of drug-likeness (QED) is 0.617. The number of hydrogen-bond acceptors (Lipinski definition) is 7. The lowest BCUT2D eigenvalue weighted by atomic mass is 9.74. The topological polar surface area (TPSA) is 101 Å². The molecule has 7 atom stereocenters. The van der Waals surface area contributed by atoms with E-state index in [-0.39, 0.29) is 36.1 Å². The molecule has 0 aromatic carbocycles. The second-order valence-corrected chi connectivity index (χ2v) is 11.9. The minimum absolute atomic E-state index is 0.0294. The number of ether oxygens (including phenoxy) is 3. The maximum Gasteiger partial charge on any atom is 0.410 e. The summed E-state index contributed by atoms with van der Waals surface area (Å²) in [5, 5.41) is 14.6. The lowest BCUT2D eigenvalue weighted by Gasteiger charge is -2.41. The van der Waals surface area contributed by atoms with Gasteiger partial charge in [-0.2, -0.15) is 0 Å². The molecule has 1 aliphatic carbocycles. The summed E-state index contributed by atoms with van der Waals surface area (Å²) < 4.78 is 16.7. The molecule has 0 aromatic heterocycles. The first kappa shape index (κ1) is 25.7. The van der Waals surface area contributed by atoms with E-state index in [4.69, 9.17) is 14.2 Å². The number of aliphatic hydroxyl groups is 1. The molecule has 4 rings (SSSR count). The highest BCUT2D eigenvalue weighted by molar-refractivity contribution is 5.85. The van der Waals surface area contributed by atoms with Crippen LogP contribution < -0.4 is 5.32 Å². The Bertz CT molecular complexity index is 770. The predicted molar refractivity (Wildman–Crippen MR) is 126 cm³/mol. The maximum absolute atomic E-state index is 14.0. The molecule has 9 heteroatoms. The molecular formula is C25H43N3O6. The highest BCUT2D eigenvalue weighted by Crippen LogP contribution is 2.48. The molecule has 4 aliphatic rings. The van der Waals surface area contributed by atoms with Crippen LogP contribution in [0, 0.1) is 11.3 Å². The van der Waals surface area contributed by atoms with Gasteiger partial charge in [-0.1, -0.05) is 13.8 Å². The average Bonchev–Trinajstić information content (AvgIpc) is 3.44. The molecule has 3 heterocycles. The predicted octanol–water partition coefficient (Wildman–Crippen LogP) is 1.77.